The third-order valence-electron chi connectivity index (χ3n) is 5.22. The Morgan fingerprint density at radius 1 is 1.13 bits per heavy atom. The highest BCUT2D eigenvalue weighted by Gasteiger charge is 2.19. The molecule has 1 atom stereocenters. The number of aliphatic imine (C=N–C) groups is 1. The van der Waals surface area contributed by atoms with Crippen molar-refractivity contribution >= 4 is 5.96 Å². The van der Waals surface area contributed by atoms with Crippen molar-refractivity contribution in [2.45, 2.75) is 32.4 Å². The molecule has 2 aliphatic heterocycles. The van der Waals surface area contributed by atoms with Crippen LogP contribution in [-0.4, -0.2) is 45.7 Å². The zero-order valence-corrected chi connectivity index (χ0v) is 17.6. The molecule has 4 rings (SSSR count). The second-order valence-corrected chi connectivity index (χ2v) is 7.50. The van der Waals surface area contributed by atoms with Gasteiger partial charge < -0.3 is 29.6 Å². The molecule has 2 N–H and O–H groups in total. The van der Waals surface area contributed by atoms with E-state index in [2.05, 4.69) is 46.8 Å². The van der Waals surface area contributed by atoms with Crippen LogP contribution < -0.4 is 24.8 Å². The fourth-order valence-electron chi connectivity index (χ4n) is 3.52. The number of nitrogens with zero attached hydrogens (tertiary/aromatic N) is 1. The molecule has 0 amide bonds. The normalized spacial score (nSPS) is 17.8. The summed E-state index contributed by atoms with van der Waals surface area (Å²) < 4.78 is 22.4. The van der Waals surface area contributed by atoms with Gasteiger partial charge in [0.1, 0.15) is 11.9 Å². The summed E-state index contributed by atoms with van der Waals surface area (Å²) in [4.78, 5) is 4.33. The first-order valence-corrected chi connectivity index (χ1v) is 10.4. The number of aryl methyl sites for hydroxylation is 1. The third-order valence-corrected chi connectivity index (χ3v) is 5.22. The van der Waals surface area contributed by atoms with Gasteiger partial charge in [0.15, 0.2) is 17.5 Å². The lowest BCUT2D eigenvalue weighted by molar-refractivity contribution is 0.140. The van der Waals surface area contributed by atoms with Gasteiger partial charge in [-0.05, 0) is 42.7 Å². The molecule has 0 bridgehead atoms. The number of nitrogens with one attached hydrogen (secondary N) is 2. The summed E-state index contributed by atoms with van der Waals surface area (Å²) in [6, 6.07) is 12.3. The average Bonchev–Trinajstić information content (AvgIpc) is 3.43. The van der Waals surface area contributed by atoms with Gasteiger partial charge in [0.2, 0.25) is 6.79 Å². The highest BCUT2D eigenvalue weighted by molar-refractivity contribution is 5.79. The lowest BCUT2D eigenvalue weighted by Gasteiger charge is -2.18. The molecular weight excluding hydrogens is 382 g/mol. The SMILES string of the molecule is CN=C(NCCc1ccc2c(c1)OCO2)NCc1ccc(C)cc1OC1CCOC1. The van der Waals surface area contributed by atoms with Crippen molar-refractivity contribution < 1.29 is 18.9 Å². The quantitative estimate of drug-likeness (QED) is 0.539. The molecule has 0 aromatic heterocycles. The predicted molar refractivity (Wildman–Crippen MR) is 116 cm³/mol. The maximum absolute atomic E-state index is 6.18. The number of ether oxygens (including phenoxy) is 4. The first kappa shape index (κ1) is 20.3. The van der Waals surface area contributed by atoms with Crippen molar-refractivity contribution in [1.82, 2.24) is 10.6 Å². The number of fused-ring (bicyclic) bond motifs is 1. The molecule has 0 spiro atoms. The predicted octanol–water partition coefficient (Wildman–Crippen LogP) is 2.80. The van der Waals surface area contributed by atoms with Crippen LogP contribution in [0.25, 0.3) is 0 Å². The molecular formula is C23H29N3O4. The Balaban J connectivity index is 1.29. The first-order valence-electron chi connectivity index (χ1n) is 10.4. The van der Waals surface area contributed by atoms with Crippen molar-refractivity contribution in [3.8, 4) is 17.2 Å². The molecule has 0 aliphatic carbocycles. The lowest BCUT2D eigenvalue weighted by atomic mass is 10.1. The van der Waals surface area contributed by atoms with Gasteiger partial charge in [0.05, 0.1) is 13.2 Å². The van der Waals surface area contributed by atoms with Gasteiger partial charge in [-0.3, -0.25) is 4.99 Å². The maximum atomic E-state index is 6.18. The second-order valence-electron chi connectivity index (χ2n) is 7.50. The van der Waals surface area contributed by atoms with E-state index in [0.717, 1.165) is 54.8 Å². The minimum absolute atomic E-state index is 0.129. The van der Waals surface area contributed by atoms with Crippen molar-refractivity contribution in [1.29, 1.82) is 0 Å². The summed E-state index contributed by atoms with van der Waals surface area (Å²) in [6.07, 6.45) is 1.92. The number of hydrogen-bond acceptors (Lipinski definition) is 5. The zero-order valence-electron chi connectivity index (χ0n) is 17.6. The summed E-state index contributed by atoms with van der Waals surface area (Å²) in [6.45, 7) is 5.19. The highest BCUT2D eigenvalue weighted by atomic mass is 16.7. The van der Waals surface area contributed by atoms with Gasteiger partial charge in [-0.1, -0.05) is 18.2 Å². The minimum Gasteiger partial charge on any atom is -0.488 e. The van der Waals surface area contributed by atoms with Crippen LogP contribution in [0.15, 0.2) is 41.4 Å². The van der Waals surface area contributed by atoms with Crippen molar-refractivity contribution in [3.63, 3.8) is 0 Å². The third kappa shape index (κ3) is 5.16. The maximum Gasteiger partial charge on any atom is 0.231 e. The van der Waals surface area contributed by atoms with E-state index in [1.807, 2.05) is 12.1 Å². The summed E-state index contributed by atoms with van der Waals surface area (Å²) in [5, 5.41) is 6.75. The van der Waals surface area contributed by atoms with E-state index in [4.69, 9.17) is 18.9 Å². The molecule has 1 fully saturated rings. The number of guanidine groups is 1. The summed E-state index contributed by atoms with van der Waals surface area (Å²) >= 11 is 0. The summed E-state index contributed by atoms with van der Waals surface area (Å²) in [7, 11) is 1.78. The van der Waals surface area contributed by atoms with Crippen LogP contribution in [0, 0.1) is 6.92 Å². The standard InChI is InChI=1S/C23H29N3O4/c1-16-3-5-18(21(11-16)30-19-8-10-27-14-19)13-26-23(24-2)25-9-7-17-4-6-20-22(12-17)29-15-28-20/h3-6,11-12,19H,7-10,13-15H2,1-2H3,(H2,24,25,26). The number of benzene rings is 2. The van der Waals surface area contributed by atoms with E-state index in [-0.39, 0.29) is 6.10 Å². The summed E-state index contributed by atoms with van der Waals surface area (Å²) in [5.74, 6) is 3.29. The van der Waals surface area contributed by atoms with Gasteiger partial charge in [0, 0.05) is 32.1 Å². The minimum atomic E-state index is 0.129. The Hall–Kier alpha value is -2.93. The monoisotopic (exact) mass is 411 g/mol. The van der Waals surface area contributed by atoms with E-state index in [0.29, 0.717) is 19.9 Å². The topological polar surface area (TPSA) is 73.3 Å². The van der Waals surface area contributed by atoms with E-state index in [1.165, 1.54) is 11.1 Å². The molecule has 0 radical (unpaired) electrons. The van der Waals surface area contributed by atoms with Gasteiger partial charge in [0.25, 0.3) is 0 Å². The Morgan fingerprint density at radius 3 is 2.87 bits per heavy atom. The number of hydrogen-bond donors (Lipinski definition) is 2. The van der Waals surface area contributed by atoms with Gasteiger partial charge in [-0.25, -0.2) is 0 Å². The molecule has 30 heavy (non-hydrogen) atoms. The van der Waals surface area contributed by atoms with Crippen LogP contribution in [0.2, 0.25) is 0 Å². The molecule has 160 valence electrons. The largest absolute Gasteiger partial charge is 0.488 e. The average molecular weight is 412 g/mol. The zero-order chi connectivity index (χ0) is 20.8. The molecule has 2 aliphatic rings. The van der Waals surface area contributed by atoms with Crippen molar-refractivity contribution in [3.05, 3.63) is 53.1 Å². The Kier molecular flexibility index (Phi) is 6.59. The first-order chi connectivity index (χ1) is 14.7. The van der Waals surface area contributed by atoms with Crippen LogP contribution in [0.1, 0.15) is 23.1 Å². The van der Waals surface area contributed by atoms with Crippen LogP contribution in [0.5, 0.6) is 17.2 Å². The van der Waals surface area contributed by atoms with Crippen molar-refractivity contribution in [2.75, 3.05) is 33.6 Å². The van der Waals surface area contributed by atoms with E-state index >= 15 is 0 Å². The molecule has 1 unspecified atom stereocenters. The summed E-state index contributed by atoms with van der Waals surface area (Å²) in [5.41, 5.74) is 3.47. The molecule has 2 heterocycles. The van der Waals surface area contributed by atoms with Crippen LogP contribution in [-0.2, 0) is 17.7 Å². The van der Waals surface area contributed by atoms with Gasteiger partial charge in [-0.15, -0.1) is 0 Å². The smallest absolute Gasteiger partial charge is 0.231 e. The molecule has 7 nitrogen and oxygen atoms in total. The molecule has 2 aromatic carbocycles. The Morgan fingerprint density at radius 2 is 2.03 bits per heavy atom. The second kappa shape index (κ2) is 9.71. The molecule has 1 saturated heterocycles. The van der Waals surface area contributed by atoms with E-state index in [9.17, 15) is 0 Å². The fraction of sp³-hybridized carbons (Fsp3) is 0.435. The van der Waals surface area contributed by atoms with Crippen LogP contribution >= 0.6 is 0 Å². The number of rotatable bonds is 7. The van der Waals surface area contributed by atoms with Gasteiger partial charge in [-0.2, -0.15) is 0 Å². The molecule has 0 saturated carbocycles. The van der Waals surface area contributed by atoms with Crippen molar-refractivity contribution in [2.24, 2.45) is 4.99 Å². The van der Waals surface area contributed by atoms with Crippen LogP contribution in [0.3, 0.4) is 0 Å². The molecule has 7 heteroatoms. The lowest BCUT2D eigenvalue weighted by Crippen LogP contribution is -2.38. The van der Waals surface area contributed by atoms with Crippen LogP contribution in [0.4, 0.5) is 0 Å². The Bertz CT molecular complexity index is 894. The van der Waals surface area contributed by atoms with Gasteiger partial charge >= 0.3 is 0 Å². The van der Waals surface area contributed by atoms with E-state index in [1.54, 1.807) is 7.05 Å². The van der Waals surface area contributed by atoms with E-state index < -0.39 is 0 Å². The fourth-order valence-corrected chi connectivity index (χ4v) is 3.52. The Labute approximate surface area is 177 Å². The highest BCUT2D eigenvalue weighted by Crippen LogP contribution is 2.32. The molecule has 2 aromatic rings.